The van der Waals surface area contributed by atoms with Gasteiger partial charge in [-0.15, -0.1) is 0 Å². The fourth-order valence-corrected chi connectivity index (χ4v) is 4.81. The van der Waals surface area contributed by atoms with Crippen LogP contribution in [-0.4, -0.2) is 32.3 Å². The van der Waals surface area contributed by atoms with E-state index in [1.54, 1.807) is 31.5 Å². The van der Waals surface area contributed by atoms with E-state index < -0.39 is 0 Å². The molecule has 0 spiro atoms. The number of nitrogens with zero attached hydrogens (tertiary/aromatic N) is 2. The first-order valence-electron chi connectivity index (χ1n) is 11.1. The van der Waals surface area contributed by atoms with Crippen molar-refractivity contribution in [1.29, 1.82) is 0 Å². The second-order valence-corrected chi connectivity index (χ2v) is 9.70. The van der Waals surface area contributed by atoms with Gasteiger partial charge in [0.15, 0.2) is 11.5 Å². The lowest BCUT2D eigenvalue weighted by Gasteiger charge is -2.17. The summed E-state index contributed by atoms with van der Waals surface area (Å²) in [6.07, 6.45) is 3.97. The Morgan fingerprint density at radius 3 is 2.54 bits per heavy atom. The van der Waals surface area contributed by atoms with E-state index in [4.69, 9.17) is 32.7 Å². The summed E-state index contributed by atoms with van der Waals surface area (Å²) < 4.78 is 12.1. The summed E-state index contributed by atoms with van der Waals surface area (Å²) in [6, 6.07) is 16.4. The standard InChI is InChI=1S/C26H24BrCl2N3O3/c1-34-24-13-17(12-22(27)25(24)35-16-19-4-7-20(28)14-23(19)29)15-30-31-26(33)18-5-8-21(9-6-18)32-10-2-3-11-32/h4-9,12-15H,2-3,10-11,16H2,1H3,(H,31,33)/b30-15-. The van der Waals surface area contributed by atoms with Gasteiger partial charge in [-0.2, -0.15) is 5.10 Å². The van der Waals surface area contributed by atoms with Crippen LogP contribution < -0.4 is 19.8 Å². The van der Waals surface area contributed by atoms with Gasteiger partial charge in [0.25, 0.3) is 5.91 Å². The largest absolute Gasteiger partial charge is 0.493 e. The van der Waals surface area contributed by atoms with E-state index in [0.717, 1.165) is 29.9 Å². The summed E-state index contributed by atoms with van der Waals surface area (Å²) in [5.41, 5.74) is 5.77. The molecule has 1 fully saturated rings. The van der Waals surface area contributed by atoms with Gasteiger partial charge < -0.3 is 14.4 Å². The monoisotopic (exact) mass is 575 g/mol. The van der Waals surface area contributed by atoms with Crippen molar-refractivity contribution < 1.29 is 14.3 Å². The molecule has 182 valence electrons. The van der Waals surface area contributed by atoms with Gasteiger partial charge in [0.2, 0.25) is 0 Å². The Hall–Kier alpha value is -2.74. The minimum Gasteiger partial charge on any atom is -0.493 e. The number of benzene rings is 3. The molecule has 35 heavy (non-hydrogen) atoms. The molecule has 0 aromatic heterocycles. The van der Waals surface area contributed by atoms with Gasteiger partial charge in [-0.25, -0.2) is 5.43 Å². The van der Waals surface area contributed by atoms with Crippen LogP contribution in [0, 0.1) is 0 Å². The van der Waals surface area contributed by atoms with E-state index >= 15 is 0 Å². The first-order chi connectivity index (χ1) is 16.9. The lowest BCUT2D eigenvalue weighted by Crippen LogP contribution is -2.19. The SMILES string of the molecule is COc1cc(/C=N\NC(=O)c2ccc(N3CCCC3)cc2)cc(Br)c1OCc1ccc(Cl)cc1Cl. The van der Waals surface area contributed by atoms with Crippen molar-refractivity contribution >= 4 is 56.9 Å². The number of anilines is 1. The molecule has 1 amide bonds. The molecule has 0 bridgehead atoms. The third-order valence-corrected chi connectivity index (χ3v) is 6.80. The molecule has 0 unspecified atom stereocenters. The van der Waals surface area contributed by atoms with Crippen LogP contribution in [0.1, 0.15) is 34.3 Å². The van der Waals surface area contributed by atoms with Crippen molar-refractivity contribution in [2.75, 3.05) is 25.1 Å². The zero-order chi connectivity index (χ0) is 24.8. The molecule has 1 heterocycles. The number of methoxy groups -OCH3 is 1. The predicted molar refractivity (Wildman–Crippen MR) is 144 cm³/mol. The number of halogens is 3. The Balaban J connectivity index is 1.39. The quantitative estimate of drug-likeness (QED) is 0.239. The average Bonchev–Trinajstić information content (AvgIpc) is 3.39. The van der Waals surface area contributed by atoms with E-state index in [2.05, 4.69) is 31.4 Å². The molecule has 4 rings (SSSR count). The maximum absolute atomic E-state index is 12.5. The van der Waals surface area contributed by atoms with Crippen LogP contribution in [0.15, 0.2) is 64.2 Å². The lowest BCUT2D eigenvalue weighted by atomic mass is 10.2. The number of amides is 1. The van der Waals surface area contributed by atoms with Crippen LogP contribution in [0.3, 0.4) is 0 Å². The summed E-state index contributed by atoms with van der Waals surface area (Å²) in [7, 11) is 1.55. The highest BCUT2D eigenvalue weighted by Gasteiger charge is 2.14. The molecule has 1 aliphatic heterocycles. The molecule has 1 aliphatic rings. The molecule has 1 N–H and O–H groups in total. The number of rotatable bonds is 8. The van der Waals surface area contributed by atoms with E-state index in [-0.39, 0.29) is 12.5 Å². The van der Waals surface area contributed by atoms with E-state index in [9.17, 15) is 4.79 Å². The van der Waals surface area contributed by atoms with Crippen LogP contribution >= 0.6 is 39.1 Å². The number of hydrazone groups is 1. The lowest BCUT2D eigenvalue weighted by molar-refractivity contribution is 0.0955. The topological polar surface area (TPSA) is 63.2 Å². The zero-order valence-corrected chi connectivity index (χ0v) is 22.2. The van der Waals surface area contributed by atoms with E-state index in [1.165, 1.54) is 12.8 Å². The highest BCUT2D eigenvalue weighted by molar-refractivity contribution is 9.10. The first kappa shape index (κ1) is 25.4. The molecule has 1 saturated heterocycles. The highest BCUT2D eigenvalue weighted by Crippen LogP contribution is 2.37. The Bertz CT molecular complexity index is 1230. The number of ether oxygens (including phenoxy) is 2. The molecule has 9 heteroatoms. The fraction of sp³-hybridized carbons (Fsp3) is 0.231. The van der Waals surface area contributed by atoms with Crippen LogP contribution in [-0.2, 0) is 6.61 Å². The highest BCUT2D eigenvalue weighted by atomic mass is 79.9. The van der Waals surface area contributed by atoms with E-state index in [1.807, 2.05) is 36.4 Å². The van der Waals surface area contributed by atoms with Gasteiger partial charge in [-0.05, 0) is 82.9 Å². The number of nitrogens with one attached hydrogen (secondary N) is 1. The van der Waals surface area contributed by atoms with Crippen molar-refractivity contribution in [3.05, 3.63) is 85.8 Å². The number of hydrogen-bond acceptors (Lipinski definition) is 5. The van der Waals surface area contributed by atoms with Gasteiger partial charge in [-0.3, -0.25) is 4.79 Å². The molecular formula is C26H24BrCl2N3O3. The maximum atomic E-state index is 12.5. The third-order valence-electron chi connectivity index (χ3n) is 5.62. The van der Waals surface area contributed by atoms with Gasteiger partial charge in [0.05, 0.1) is 17.8 Å². The Kier molecular flexibility index (Phi) is 8.55. The summed E-state index contributed by atoms with van der Waals surface area (Å²) in [5, 5.41) is 5.18. The van der Waals surface area contributed by atoms with Gasteiger partial charge in [0, 0.05) is 39.9 Å². The Morgan fingerprint density at radius 2 is 1.86 bits per heavy atom. The van der Waals surface area contributed by atoms with Crippen molar-refractivity contribution in [2.24, 2.45) is 5.10 Å². The Morgan fingerprint density at radius 1 is 1.11 bits per heavy atom. The van der Waals surface area contributed by atoms with Crippen LogP contribution in [0.25, 0.3) is 0 Å². The molecule has 6 nitrogen and oxygen atoms in total. The maximum Gasteiger partial charge on any atom is 0.271 e. The Labute approximate surface area is 222 Å². The summed E-state index contributed by atoms with van der Waals surface area (Å²) in [6.45, 7) is 2.37. The summed E-state index contributed by atoms with van der Waals surface area (Å²) in [5.74, 6) is 0.757. The first-order valence-corrected chi connectivity index (χ1v) is 12.6. The normalized spacial score (nSPS) is 13.3. The van der Waals surface area contributed by atoms with Crippen molar-refractivity contribution in [3.63, 3.8) is 0 Å². The molecule has 0 radical (unpaired) electrons. The average molecular weight is 577 g/mol. The van der Waals surface area contributed by atoms with Crippen LogP contribution in [0.4, 0.5) is 5.69 Å². The van der Waals surface area contributed by atoms with Gasteiger partial charge in [0.1, 0.15) is 6.61 Å². The summed E-state index contributed by atoms with van der Waals surface area (Å²) >= 11 is 15.7. The van der Waals surface area contributed by atoms with Gasteiger partial charge >= 0.3 is 0 Å². The fourth-order valence-electron chi connectivity index (χ4n) is 3.77. The molecule has 0 saturated carbocycles. The van der Waals surface area contributed by atoms with E-state index in [0.29, 0.717) is 31.6 Å². The predicted octanol–water partition coefficient (Wildman–Crippen LogP) is 6.71. The number of carbonyl (C=O) groups excluding carboxylic acids is 1. The summed E-state index contributed by atoms with van der Waals surface area (Å²) in [4.78, 5) is 14.8. The van der Waals surface area contributed by atoms with Gasteiger partial charge in [-0.1, -0.05) is 29.3 Å². The van der Waals surface area contributed by atoms with Crippen molar-refractivity contribution in [3.8, 4) is 11.5 Å². The molecule has 3 aromatic carbocycles. The second-order valence-electron chi connectivity index (χ2n) is 8.00. The van der Waals surface area contributed by atoms with Crippen molar-refractivity contribution in [1.82, 2.24) is 5.43 Å². The second kappa shape index (κ2) is 11.8. The van der Waals surface area contributed by atoms with Crippen LogP contribution in [0.2, 0.25) is 10.0 Å². The molecule has 0 atom stereocenters. The smallest absolute Gasteiger partial charge is 0.271 e. The number of hydrogen-bond donors (Lipinski definition) is 1. The molecule has 0 aliphatic carbocycles. The minimum atomic E-state index is -0.278. The third kappa shape index (κ3) is 6.48. The zero-order valence-electron chi connectivity index (χ0n) is 19.1. The minimum absolute atomic E-state index is 0.241. The van der Waals surface area contributed by atoms with Crippen LogP contribution in [0.5, 0.6) is 11.5 Å². The molecule has 3 aromatic rings. The molecular weight excluding hydrogens is 553 g/mol. The number of carbonyl (C=O) groups is 1. The van der Waals surface area contributed by atoms with Crippen molar-refractivity contribution in [2.45, 2.75) is 19.4 Å².